The summed E-state index contributed by atoms with van der Waals surface area (Å²) in [4.78, 5) is 7.56. The van der Waals surface area contributed by atoms with Gasteiger partial charge in [0.05, 0.1) is 11.2 Å². The van der Waals surface area contributed by atoms with Gasteiger partial charge in [-0.1, -0.05) is 49.6 Å². The lowest BCUT2D eigenvalue weighted by Gasteiger charge is -2.26. The van der Waals surface area contributed by atoms with Crippen LogP contribution in [0.1, 0.15) is 55.8 Å². The van der Waals surface area contributed by atoms with E-state index in [0.29, 0.717) is 18.1 Å². The first-order chi connectivity index (χ1) is 16.0. The molecule has 1 saturated heterocycles. The average molecular weight is 467 g/mol. The van der Waals surface area contributed by atoms with Crippen molar-refractivity contribution < 1.29 is 9.84 Å². The molecule has 0 amide bonds. The SMILES string of the molecule is CCCCOC(O)Cc1c(C)cc2nc(CN3CCCCC3)ccc2c1-c1ccc(Cl)cc1. The Morgan fingerprint density at radius 3 is 2.58 bits per heavy atom. The minimum absolute atomic E-state index is 0.443. The summed E-state index contributed by atoms with van der Waals surface area (Å²) in [6.45, 7) is 8.01. The number of likely N-dealkylation sites (tertiary alicyclic amines) is 1. The molecular formula is C28H35ClN2O2. The van der Waals surface area contributed by atoms with Crippen LogP contribution in [-0.2, 0) is 17.7 Å². The Morgan fingerprint density at radius 1 is 1.09 bits per heavy atom. The molecule has 176 valence electrons. The van der Waals surface area contributed by atoms with Crippen LogP contribution in [0, 0.1) is 6.92 Å². The van der Waals surface area contributed by atoms with Crippen molar-refractivity contribution in [2.75, 3.05) is 19.7 Å². The summed E-state index contributed by atoms with van der Waals surface area (Å²) in [5.41, 5.74) is 6.51. The van der Waals surface area contributed by atoms with Gasteiger partial charge in [0.1, 0.15) is 0 Å². The normalized spacial score (nSPS) is 15.8. The summed E-state index contributed by atoms with van der Waals surface area (Å²) in [6.07, 6.45) is 5.50. The number of ether oxygens (including phenoxy) is 1. The number of fused-ring (bicyclic) bond motifs is 1. The summed E-state index contributed by atoms with van der Waals surface area (Å²) in [5.74, 6) is 0. The number of aryl methyl sites for hydroxylation is 1. The van der Waals surface area contributed by atoms with E-state index in [1.165, 1.54) is 19.3 Å². The maximum atomic E-state index is 10.6. The molecule has 5 heteroatoms. The predicted molar refractivity (Wildman–Crippen MR) is 137 cm³/mol. The van der Waals surface area contributed by atoms with Crippen molar-refractivity contribution in [3.05, 3.63) is 64.3 Å². The summed E-state index contributed by atoms with van der Waals surface area (Å²) in [7, 11) is 0. The molecule has 4 rings (SSSR count). The van der Waals surface area contributed by atoms with Crippen LogP contribution < -0.4 is 0 Å². The van der Waals surface area contributed by atoms with Crippen molar-refractivity contribution >= 4 is 22.5 Å². The molecule has 2 heterocycles. The molecule has 33 heavy (non-hydrogen) atoms. The number of halogens is 1. The molecule has 3 aromatic rings. The summed E-state index contributed by atoms with van der Waals surface area (Å²) >= 11 is 6.18. The van der Waals surface area contributed by atoms with Crippen molar-refractivity contribution in [1.29, 1.82) is 0 Å². The molecule has 0 bridgehead atoms. The number of pyridine rings is 1. The van der Waals surface area contributed by atoms with Gasteiger partial charge >= 0.3 is 0 Å². The van der Waals surface area contributed by atoms with Crippen molar-refractivity contribution in [2.24, 2.45) is 0 Å². The number of rotatable bonds is 9. The molecular weight excluding hydrogens is 432 g/mol. The molecule has 1 unspecified atom stereocenters. The van der Waals surface area contributed by atoms with Crippen LogP contribution in [-0.4, -0.2) is 41.0 Å². The van der Waals surface area contributed by atoms with Crippen LogP contribution >= 0.6 is 11.6 Å². The smallest absolute Gasteiger partial charge is 0.158 e. The topological polar surface area (TPSA) is 45.6 Å². The Balaban J connectivity index is 1.72. The highest BCUT2D eigenvalue weighted by atomic mass is 35.5. The summed E-state index contributed by atoms with van der Waals surface area (Å²) < 4.78 is 5.68. The molecule has 0 radical (unpaired) electrons. The van der Waals surface area contributed by atoms with E-state index in [0.717, 1.165) is 71.3 Å². The minimum Gasteiger partial charge on any atom is -0.368 e. The van der Waals surface area contributed by atoms with Crippen LogP contribution in [0.4, 0.5) is 0 Å². The highest BCUT2D eigenvalue weighted by Gasteiger charge is 2.19. The Hall–Kier alpha value is -1.98. The van der Waals surface area contributed by atoms with E-state index >= 15 is 0 Å². The monoisotopic (exact) mass is 466 g/mol. The number of aromatic nitrogens is 1. The third-order valence-corrected chi connectivity index (χ3v) is 6.79. The van der Waals surface area contributed by atoms with E-state index in [9.17, 15) is 5.11 Å². The molecule has 1 aliphatic rings. The number of benzene rings is 2. The Kier molecular flexibility index (Phi) is 8.37. The molecule has 4 nitrogen and oxygen atoms in total. The zero-order valence-corrected chi connectivity index (χ0v) is 20.6. The van der Waals surface area contributed by atoms with Gasteiger partial charge in [0.25, 0.3) is 0 Å². The quantitative estimate of drug-likeness (QED) is 0.287. The van der Waals surface area contributed by atoms with Gasteiger partial charge in [-0.2, -0.15) is 0 Å². The lowest BCUT2D eigenvalue weighted by atomic mass is 9.90. The number of nitrogens with zero attached hydrogens (tertiary/aromatic N) is 2. The summed E-state index contributed by atoms with van der Waals surface area (Å²) in [5, 5.41) is 12.4. The first kappa shape index (κ1) is 24.2. The van der Waals surface area contributed by atoms with E-state index in [1.807, 2.05) is 24.3 Å². The van der Waals surface area contributed by atoms with Gasteiger partial charge in [-0.05, 0) is 85.8 Å². The molecule has 0 spiro atoms. The van der Waals surface area contributed by atoms with Crippen molar-refractivity contribution in [3.63, 3.8) is 0 Å². The zero-order chi connectivity index (χ0) is 23.2. The average Bonchev–Trinajstić information content (AvgIpc) is 2.81. The Labute approximate surface area is 202 Å². The molecule has 1 fully saturated rings. The molecule has 2 aromatic carbocycles. The highest BCUT2D eigenvalue weighted by molar-refractivity contribution is 6.30. The van der Waals surface area contributed by atoms with E-state index in [-0.39, 0.29) is 0 Å². The van der Waals surface area contributed by atoms with Crippen LogP contribution in [0.15, 0.2) is 42.5 Å². The van der Waals surface area contributed by atoms with Crippen LogP contribution in [0.2, 0.25) is 5.02 Å². The van der Waals surface area contributed by atoms with Crippen LogP contribution in [0.5, 0.6) is 0 Å². The van der Waals surface area contributed by atoms with Gasteiger partial charge in [0.2, 0.25) is 0 Å². The van der Waals surface area contributed by atoms with Crippen molar-refractivity contribution in [3.8, 4) is 11.1 Å². The minimum atomic E-state index is -0.829. The standard InChI is InChI=1S/C28H35ClN2O2/c1-3-4-16-33-27(32)18-25-20(2)17-26-24(28(25)21-8-10-22(29)11-9-21)13-12-23(30-26)19-31-14-6-5-7-15-31/h8-13,17,27,32H,3-7,14-16,18-19H2,1-2H3. The van der Waals surface area contributed by atoms with Crippen molar-refractivity contribution in [1.82, 2.24) is 9.88 Å². The maximum absolute atomic E-state index is 10.6. The third-order valence-electron chi connectivity index (χ3n) is 6.54. The maximum Gasteiger partial charge on any atom is 0.158 e. The molecule has 1 aromatic heterocycles. The summed E-state index contributed by atoms with van der Waals surface area (Å²) in [6, 6.07) is 14.4. The van der Waals surface area contributed by atoms with Crippen LogP contribution in [0.25, 0.3) is 22.0 Å². The van der Waals surface area contributed by atoms with E-state index in [1.54, 1.807) is 0 Å². The highest BCUT2D eigenvalue weighted by Crippen LogP contribution is 2.35. The Morgan fingerprint density at radius 2 is 1.85 bits per heavy atom. The predicted octanol–water partition coefficient (Wildman–Crippen LogP) is 6.53. The lowest BCUT2D eigenvalue weighted by molar-refractivity contribution is -0.0980. The lowest BCUT2D eigenvalue weighted by Crippen LogP contribution is -2.29. The fraction of sp³-hybridized carbons (Fsp3) is 0.464. The van der Waals surface area contributed by atoms with Gasteiger partial charge in [-0.15, -0.1) is 0 Å². The van der Waals surface area contributed by atoms with E-state index < -0.39 is 6.29 Å². The van der Waals surface area contributed by atoms with Gasteiger partial charge < -0.3 is 9.84 Å². The first-order valence-corrected chi connectivity index (χ1v) is 12.6. The van der Waals surface area contributed by atoms with Crippen LogP contribution in [0.3, 0.4) is 0 Å². The molecule has 1 atom stereocenters. The number of aliphatic hydroxyl groups excluding tert-OH is 1. The number of aliphatic hydroxyl groups is 1. The second-order valence-electron chi connectivity index (χ2n) is 9.14. The van der Waals surface area contributed by atoms with E-state index in [2.05, 4.69) is 36.9 Å². The molecule has 1 aliphatic heterocycles. The van der Waals surface area contributed by atoms with Gasteiger partial charge in [0.15, 0.2) is 6.29 Å². The molecule has 0 aliphatic carbocycles. The number of hydrogen-bond donors (Lipinski definition) is 1. The number of piperidine rings is 1. The first-order valence-electron chi connectivity index (χ1n) is 12.2. The number of unbranched alkanes of at least 4 members (excludes halogenated alkanes) is 1. The van der Waals surface area contributed by atoms with Gasteiger partial charge in [-0.3, -0.25) is 9.88 Å². The Bertz CT molecular complexity index is 1060. The van der Waals surface area contributed by atoms with Gasteiger partial charge in [0, 0.05) is 30.0 Å². The van der Waals surface area contributed by atoms with E-state index in [4.69, 9.17) is 21.3 Å². The fourth-order valence-corrected chi connectivity index (χ4v) is 4.86. The second kappa shape index (κ2) is 11.4. The molecule has 1 N–H and O–H groups in total. The molecule has 0 saturated carbocycles. The fourth-order valence-electron chi connectivity index (χ4n) is 4.73. The van der Waals surface area contributed by atoms with Crippen molar-refractivity contribution in [2.45, 2.75) is 65.2 Å². The van der Waals surface area contributed by atoms with Gasteiger partial charge in [-0.25, -0.2) is 0 Å². The second-order valence-corrected chi connectivity index (χ2v) is 9.58. The largest absolute Gasteiger partial charge is 0.368 e. The number of hydrogen-bond acceptors (Lipinski definition) is 4. The third kappa shape index (κ3) is 6.13. The zero-order valence-electron chi connectivity index (χ0n) is 19.8.